The molecular formula is C23H29N3O2. The van der Waals surface area contributed by atoms with Crippen molar-refractivity contribution in [3.05, 3.63) is 41.5 Å². The van der Waals surface area contributed by atoms with Gasteiger partial charge in [0.15, 0.2) is 0 Å². The average Bonchev–Trinajstić information content (AvgIpc) is 3.16. The first-order valence-corrected chi connectivity index (χ1v) is 8.81. The van der Waals surface area contributed by atoms with E-state index in [4.69, 9.17) is 21.9 Å². The highest BCUT2D eigenvalue weighted by Crippen LogP contribution is 2.41. The fraction of sp³-hybridized carbons (Fsp3) is 0.478. The molecule has 1 aromatic heterocycles. The Labute approximate surface area is 189 Å². The first-order valence-electron chi connectivity index (χ1n) is 16.8. The summed E-state index contributed by atoms with van der Waals surface area (Å²) in [7, 11) is 0. The Kier molecular flexibility index (Phi) is 2.00. The monoisotopic (exact) mass is 395 g/mol. The predicted molar refractivity (Wildman–Crippen MR) is 112 cm³/mol. The molecule has 2 aliphatic rings. The van der Waals surface area contributed by atoms with E-state index < -0.39 is 74.9 Å². The fourth-order valence-corrected chi connectivity index (χ4v) is 3.90. The van der Waals surface area contributed by atoms with Gasteiger partial charge < -0.3 is 4.90 Å². The molecule has 2 heterocycles. The van der Waals surface area contributed by atoms with Crippen molar-refractivity contribution >= 4 is 28.3 Å². The number of nitrogens with zero attached hydrogens (tertiary/aromatic N) is 3. The number of aromatic nitrogens is 1. The third-order valence-electron chi connectivity index (χ3n) is 5.22. The van der Waals surface area contributed by atoms with Crippen molar-refractivity contribution in [3.8, 4) is 0 Å². The molecule has 0 fully saturated rings. The fourth-order valence-electron chi connectivity index (χ4n) is 3.90. The summed E-state index contributed by atoms with van der Waals surface area (Å²) in [5.41, 5.74) is 0.346. The first kappa shape index (κ1) is 7.79. The van der Waals surface area contributed by atoms with Gasteiger partial charge in [-0.15, -0.1) is 0 Å². The van der Waals surface area contributed by atoms with Gasteiger partial charge in [0.2, 0.25) is 11.8 Å². The van der Waals surface area contributed by atoms with Crippen molar-refractivity contribution in [3.63, 3.8) is 0 Å². The molecule has 2 atom stereocenters. The predicted octanol–water partition coefficient (Wildman–Crippen LogP) is 3.43. The van der Waals surface area contributed by atoms with Crippen LogP contribution in [0.5, 0.6) is 0 Å². The Morgan fingerprint density at radius 1 is 1.39 bits per heavy atom. The number of carbonyl (C=O) groups excluding carboxylic acids is 2. The van der Waals surface area contributed by atoms with Crippen LogP contribution in [0.2, 0.25) is 0 Å². The summed E-state index contributed by atoms with van der Waals surface area (Å²) >= 11 is 0. The van der Waals surface area contributed by atoms with Gasteiger partial charge in [-0.1, -0.05) is 25.1 Å². The Morgan fingerprint density at radius 3 is 2.93 bits per heavy atom. The summed E-state index contributed by atoms with van der Waals surface area (Å²) < 4.78 is 130. The summed E-state index contributed by atoms with van der Waals surface area (Å²) in [5, 5.41) is 0.200. The second-order valence-electron chi connectivity index (χ2n) is 6.72. The molecule has 0 bridgehead atoms. The highest BCUT2D eigenvalue weighted by Gasteiger charge is 2.37. The summed E-state index contributed by atoms with van der Waals surface area (Å²) in [6.07, 6.45) is 0.641. The molecule has 4 rings (SSSR count). The quantitative estimate of drug-likeness (QED) is 0.797. The van der Waals surface area contributed by atoms with E-state index in [1.165, 1.54) is 6.07 Å². The molecule has 1 aromatic carbocycles. The molecule has 5 nitrogen and oxygen atoms in total. The third-order valence-corrected chi connectivity index (χ3v) is 5.22. The normalized spacial score (nSPS) is 32.1. The number of hydrogen-bond donors (Lipinski definition) is 0. The number of fused-ring (bicyclic) bond motifs is 2. The summed E-state index contributed by atoms with van der Waals surface area (Å²) in [6, 6.07) is -0.653. The maximum absolute atomic E-state index is 14.0. The molecule has 2 aromatic rings. The molecular weight excluding hydrogens is 350 g/mol. The maximum Gasteiger partial charge on any atom is 0.230 e. The summed E-state index contributed by atoms with van der Waals surface area (Å²) in [4.78, 5) is 27.2. The van der Waals surface area contributed by atoms with Gasteiger partial charge in [0.1, 0.15) is 0 Å². The van der Waals surface area contributed by atoms with E-state index in [0.717, 1.165) is 15.5 Å². The van der Waals surface area contributed by atoms with Crippen LogP contribution in [0.1, 0.15) is 64.9 Å². The van der Waals surface area contributed by atoms with Crippen LogP contribution in [-0.4, -0.2) is 58.7 Å². The van der Waals surface area contributed by atoms with Crippen molar-refractivity contribution in [1.82, 2.24) is 14.4 Å². The number of benzene rings is 1. The van der Waals surface area contributed by atoms with Crippen molar-refractivity contribution in [2.45, 2.75) is 39.5 Å². The van der Waals surface area contributed by atoms with Crippen LogP contribution >= 0.6 is 0 Å². The summed E-state index contributed by atoms with van der Waals surface area (Å²) in [6.45, 7) is -17.3. The number of rotatable bonds is 4. The molecule has 1 aliphatic heterocycles. The molecule has 0 spiro atoms. The Morgan fingerprint density at radius 2 is 2.21 bits per heavy atom. The standard InChI is InChI=1S/C23H29N3O2/c1-5-21(27)26-14-15-12-20-18(17-9-8-10-19(26)22(15)17)11-16(13-24(20)4)23(28)25(6-2)7-3/h8-11,14,16,20H,5-7,12-13H2,1-4H3/t16-,20-/m1/s1/i2D3,3D3,4D3,6D2,7D2,8D,10D,14D. The molecule has 0 radical (unpaired) electrons. The number of hydrogen-bond acceptors (Lipinski definition) is 3. The van der Waals surface area contributed by atoms with Crippen molar-refractivity contribution in [2.75, 3.05) is 26.5 Å². The SMILES string of the molecule is [2H]c1cc2c3c(c([2H])n(C(=O)CC)c3c1[2H])C[C@@H]1C2=C[C@@H](C(=O)N(C([2H])([2H])C([2H])([2H])[2H])C([2H])([2H])C([2H])([2H])[2H])CN1C([2H])([2H])[2H]. The van der Waals surface area contributed by atoms with Crippen LogP contribution in [0.15, 0.2) is 30.4 Å². The van der Waals surface area contributed by atoms with E-state index in [2.05, 4.69) is 0 Å². The van der Waals surface area contributed by atoms with E-state index in [1.807, 2.05) is 0 Å². The molecule has 28 heavy (non-hydrogen) atoms. The van der Waals surface area contributed by atoms with Crippen LogP contribution in [0.25, 0.3) is 16.5 Å². The average molecular weight is 396 g/mol. The topological polar surface area (TPSA) is 45.6 Å². The van der Waals surface area contributed by atoms with E-state index in [0.29, 0.717) is 0 Å². The zero-order chi connectivity index (χ0) is 33.7. The number of likely N-dealkylation sites (N-methyl/N-ethyl adjacent to an activating group) is 1. The Bertz CT molecular complexity index is 1540. The minimum Gasteiger partial charge on any atom is -0.343 e. The van der Waals surface area contributed by atoms with Crippen molar-refractivity contribution < 1.29 is 31.5 Å². The van der Waals surface area contributed by atoms with Gasteiger partial charge in [-0.3, -0.25) is 19.1 Å². The second kappa shape index (κ2) is 7.21. The Balaban J connectivity index is 2.03. The highest BCUT2D eigenvalue weighted by atomic mass is 16.2. The van der Waals surface area contributed by atoms with Gasteiger partial charge in [0.25, 0.3) is 0 Å². The smallest absolute Gasteiger partial charge is 0.230 e. The third kappa shape index (κ3) is 2.80. The van der Waals surface area contributed by atoms with Crippen LogP contribution in [0, 0.1) is 5.92 Å². The second-order valence-corrected chi connectivity index (χ2v) is 6.72. The van der Waals surface area contributed by atoms with Gasteiger partial charge in [-0.2, -0.15) is 0 Å². The van der Waals surface area contributed by atoms with E-state index in [1.54, 1.807) is 6.92 Å². The summed E-state index contributed by atoms with van der Waals surface area (Å²) in [5.74, 6) is -3.98. The van der Waals surface area contributed by atoms with Gasteiger partial charge in [0, 0.05) is 61.4 Å². The van der Waals surface area contributed by atoms with Crippen LogP contribution < -0.4 is 0 Å². The van der Waals surface area contributed by atoms with Gasteiger partial charge in [0.05, 0.1) is 15.5 Å². The largest absolute Gasteiger partial charge is 0.343 e. The van der Waals surface area contributed by atoms with Gasteiger partial charge >= 0.3 is 0 Å². The maximum atomic E-state index is 14.0. The zero-order valence-electron chi connectivity index (χ0n) is 31.1. The van der Waals surface area contributed by atoms with E-state index in [9.17, 15) is 9.59 Å². The molecule has 0 saturated carbocycles. The van der Waals surface area contributed by atoms with Crippen molar-refractivity contribution in [1.29, 1.82) is 0 Å². The first-order chi connectivity index (χ1) is 19.8. The molecule has 0 saturated heterocycles. The lowest BCUT2D eigenvalue weighted by atomic mass is 9.79. The number of carbonyl (C=O) groups is 2. The Hall–Kier alpha value is -2.40. The molecule has 148 valence electrons. The lowest BCUT2D eigenvalue weighted by Gasteiger charge is -2.40. The van der Waals surface area contributed by atoms with Gasteiger partial charge in [-0.25, -0.2) is 0 Å². The van der Waals surface area contributed by atoms with Crippen molar-refractivity contribution in [2.24, 2.45) is 5.92 Å². The van der Waals surface area contributed by atoms with Crippen LogP contribution in [0.4, 0.5) is 0 Å². The highest BCUT2D eigenvalue weighted by molar-refractivity contribution is 6.03. The lowest BCUT2D eigenvalue weighted by molar-refractivity contribution is -0.134. The van der Waals surface area contributed by atoms with E-state index in [-0.39, 0.29) is 52.7 Å². The van der Waals surface area contributed by atoms with E-state index >= 15 is 0 Å². The van der Waals surface area contributed by atoms with Crippen LogP contribution in [-0.2, 0) is 11.2 Å². The minimum absolute atomic E-state index is 0.0526. The van der Waals surface area contributed by atoms with Crippen LogP contribution in [0.3, 0.4) is 0 Å². The molecule has 0 N–H and O–H groups in total. The molecule has 1 aliphatic carbocycles. The molecule has 5 heteroatoms. The van der Waals surface area contributed by atoms with Gasteiger partial charge in [-0.05, 0) is 49.8 Å². The molecule has 1 amide bonds. The molecule has 0 unspecified atom stereocenters. The lowest BCUT2D eigenvalue weighted by Crippen LogP contribution is -2.47. The number of amides is 1. The minimum atomic E-state index is -3.85. The zero-order valence-corrected chi connectivity index (χ0v) is 15.1.